The van der Waals surface area contributed by atoms with Crippen LogP contribution in [0.15, 0.2) is 48.5 Å². The number of ether oxygens (including phenoxy) is 2. The molecule has 1 aliphatic rings. The topological polar surface area (TPSA) is 38.8 Å². The molecule has 0 spiro atoms. The van der Waals surface area contributed by atoms with Crippen molar-refractivity contribution in [3.8, 4) is 11.1 Å². The smallest absolute Gasteiger partial charge is 0.320 e. The van der Waals surface area contributed by atoms with Crippen LogP contribution in [-0.4, -0.2) is 36.8 Å². The first kappa shape index (κ1) is 19.9. The molecule has 4 nitrogen and oxygen atoms in total. The van der Waals surface area contributed by atoms with Crippen molar-refractivity contribution in [2.75, 3.05) is 19.7 Å². The summed E-state index contributed by atoms with van der Waals surface area (Å²) in [5.74, 6) is -0.180. The van der Waals surface area contributed by atoms with Gasteiger partial charge in [0.25, 0.3) is 0 Å². The first-order valence-corrected chi connectivity index (χ1v) is 9.89. The molecule has 0 aromatic heterocycles. The van der Waals surface area contributed by atoms with Crippen LogP contribution in [0.1, 0.15) is 31.7 Å². The van der Waals surface area contributed by atoms with Crippen LogP contribution in [0.5, 0.6) is 0 Å². The fraction of sp³-hybridized carbons (Fsp3) is 0.409. The van der Waals surface area contributed by atoms with E-state index in [0.717, 1.165) is 47.5 Å². The van der Waals surface area contributed by atoms with Crippen molar-refractivity contribution in [2.24, 2.45) is 0 Å². The fourth-order valence-corrected chi connectivity index (χ4v) is 3.46. The van der Waals surface area contributed by atoms with E-state index in [9.17, 15) is 4.79 Å². The predicted molar refractivity (Wildman–Crippen MR) is 108 cm³/mol. The summed E-state index contributed by atoms with van der Waals surface area (Å²) < 4.78 is 11.2. The third-order valence-corrected chi connectivity index (χ3v) is 5.02. The molecular weight excluding hydrogens is 362 g/mol. The van der Waals surface area contributed by atoms with Crippen LogP contribution in [0.4, 0.5) is 0 Å². The second kappa shape index (κ2) is 9.88. The maximum Gasteiger partial charge on any atom is 0.320 e. The van der Waals surface area contributed by atoms with E-state index in [4.69, 9.17) is 21.1 Å². The van der Waals surface area contributed by atoms with Crippen molar-refractivity contribution in [3.63, 3.8) is 0 Å². The van der Waals surface area contributed by atoms with Crippen molar-refractivity contribution < 1.29 is 14.3 Å². The molecule has 0 radical (unpaired) electrons. The second-order valence-electron chi connectivity index (χ2n) is 6.74. The summed E-state index contributed by atoms with van der Waals surface area (Å²) in [4.78, 5) is 13.9. The summed E-state index contributed by atoms with van der Waals surface area (Å²) in [5.41, 5.74) is 3.41. The zero-order chi connectivity index (χ0) is 19.1. The van der Waals surface area contributed by atoms with Gasteiger partial charge < -0.3 is 9.47 Å². The van der Waals surface area contributed by atoms with Crippen molar-refractivity contribution in [3.05, 3.63) is 59.1 Å². The summed E-state index contributed by atoms with van der Waals surface area (Å²) in [6.45, 7) is 3.95. The highest BCUT2D eigenvalue weighted by Gasteiger charge is 2.25. The van der Waals surface area contributed by atoms with Crippen molar-refractivity contribution in [1.29, 1.82) is 0 Å². The number of hydrogen-bond donors (Lipinski definition) is 0. The van der Waals surface area contributed by atoms with Gasteiger partial charge in [0.2, 0.25) is 0 Å². The molecule has 1 aliphatic heterocycles. The van der Waals surface area contributed by atoms with Crippen LogP contribution in [0, 0.1) is 0 Å². The molecule has 3 rings (SSSR count). The zero-order valence-corrected chi connectivity index (χ0v) is 16.5. The molecule has 2 aromatic rings. The summed E-state index contributed by atoms with van der Waals surface area (Å²) >= 11 is 5.95. The van der Waals surface area contributed by atoms with Crippen molar-refractivity contribution >= 4 is 17.6 Å². The number of hydrogen-bond acceptors (Lipinski definition) is 4. The molecule has 1 fully saturated rings. The third-order valence-electron chi connectivity index (χ3n) is 4.77. The van der Waals surface area contributed by atoms with Gasteiger partial charge in [-0.25, -0.2) is 0 Å². The molecule has 0 N–H and O–H groups in total. The Bertz CT molecular complexity index is 730. The van der Waals surface area contributed by atoms with Crippen LogP contribution in [0.25, 0.3) is 11.1 Å². The highest BCUT2D eigenvalue weighted by atomic mass is 35.5. The van der Waals surface area contributed by atoms with Crippen LogP contribution in [-0.2, 0) is 20.9 Å². The first-order valence-electron chi connectivity index (χ1n) is 9.52. The predicted octanol–water partition coefficient (Wildman–Crippen LogP) is 4.90. The van der Waals surface area contributed by atoms with Gasteiger partial charge in [-0.1, -0.05) is 48.0 Å². The van der Waals surface area contributed by atoms with E-state index in [1.165, 1.54) is 0 Å². The van der Waals surface area contributed by atoms with Crippen LogP contribution in [0.3, 0.4) is 0 Å². The highest BCUT2D eigenvalue weighted by Crippen LogP contribution is 2.23. The van der Waals surface area contributed by atoms with Crippen LogP contribution < -0.4 is 0 Å². The molecule has 144 valence electrons. The molecule has 1 unspecified atom stereocenters. The minimum absolute atomic E-state index is 0.0286. The molecule has 0 aliphatic carbocycles. The minimum atomic E-state index is -0.180. The van der Waals surface area contributed by atoms with E-state index in [-0.39, 0.29) is 12.2 Å². The van der Waals surface area contributed by atoms with E-state index in [0.29, 0.717) is 19.8 Å². The number of carbonyl (C=O) groups excluding carboxylic acids is 1. The molecule has 1 saturated heterocycles. The lowest BCUT2D eigenvalue weighted by Gasteiger charge is -2.34. The van der Waals surface area contributed by atoms with Gasteiger partial charge in [0.1, 0.15) is 6.23 Å². The number of piperidine rings is 1. The Balaban J connectivity index is 1.56. The third kappa shape index (κ3) is 5.80. The Hall–Kier alpha value is -1.88. The lowest BCUT2D eigenvalue weighted by Crippen LogP contribution is -2.44. The van der Waals surface area contributed by atoms with Crippen molar-refractivity contribution in [2.45, 2.75) is 39.0 Å². The van der Waals surface area contributed by atoms with Gasteiger partial charge >= 0.3 is 5.97 Å². The molecule has 0 saturated carbocycles. The number of nitrogens with zero attached hydrogens (tertiary/aromatic N) is 1. The quantitative estimate of drug-likeness (QED) is 0.633. The number of halogens is 1. The molecule has 27 heavy (non-hydrogen) atoms. The van der Waals surface area contributed by atoms with E-state index in [2.05, 4.69) is 29.2 Å². The van der Waals surface area contributed by atoms with E-state index >= 15 is 0 Å². The van der Waals surface area contributed by atoms with Gasteiger partial charge in [-0.2, -0.15) is 0 Å². The van der Waals surface area contributed by atoms with E-state index < -0.39 is 0 Å². The highest BCUT2D eigenvalue weighted by molar-refractivity contribution is 6.30. The Morgan fingerprint density at radius 2 is 1.74 bits per heavy atom. The van der Waals surface area contributed by atoms with Gasteiger partial charge in [0.05, 0.1) is 19.8 Å². The SMILES string of the molecule is CCOC(=O)CN1CCCCC1OCc1ccc(-c2ccc(Cl)cc2)cc1. The van der Waals surface area contributed by atoms with E-state index in [1.54, 1.807) is 0 Å². The molecule has 0 bridgehead atoms. The molecule has 5 heteroatoms. The van der Waals surface area contributed by atoms with Gasteiger partial charge in [0.15, 0.2) is 0 Å². The standard InChI is InChI=1S/C22H26ClNO3/c1-2-26-22(25)15-24-14-4-3-5-21(24)27-16-17-6-8-18(9-7-17)19-10-12-20(23)13-11-19/h6-13,21H,2-5,14-16H2,1H3. The Morgan fingerprint density at radius 1 is 1.07 bits per heavy atom. The number of carbonyl (C=O) groups is 1. The molecule has 2 aromatic carbocycles. The normalized spacial score (nSPS) is 17.6. The molecule has 0 amide bonds. The summed E-state index contributed by atoms with van der Waals surface area (Å²) in [6, 6.07) is 16.2. The van der Waals surface area contributed by atoms with Crippen LogP contribution in [0.2, 0.25) is 5.02 Å². The lowest BCUT2D eigenvalue weighted by molar-refractivity contribution is -0.152. The maximum atomic E-state index is 11.8. The minimum Gasteiger partial charge on any atom is -0.465 e. The second-order valence-corrected chi connectivity index (χ2v) is 7.18. The largest absolute Gasteiger partial charge is 0.465 e. The fourth-order valence-electron chi connectivity index (χ4n) is 3.33. The zero-order valence-electron chi connectivity index (χ0n) is 15.7. The number of rotatable bonds is 7. The summed E-state index contributed by atoms with van der Waals surface area (Å²) in [5, 5.41) is 0.739. The number of esters is 1. The van der Waals surface area contributed by atoms with Gasteiger partial charge in [0, 0.05) is 11.6 Å². The van der Waals surface area contributed by atoms with Gasteiger partial charge in [-0.3, -0.25) is 9.69 Å². The molecule has 1 atom stereocenters. The molecule has 1 heterocycles. The van der Waals surface area contributed by atoms with Crippen molar-refractivity contribution in [1.82, 2.24) is 4.90 Å². The number of likely N-dealkylation sites (tertiary alicyclic amines) is 1. The average Bonchev–Trinajstić information content (AvgIpc) is 2.69. The summed E-state index contributed by atoms with van der Waals surface area (Å²) in [7, 11) is 0. The van der Waals surface area contributed by atoms with Gasteiger partial charge in [-0.05, 0) is 55.0 Å². The number of benzene rings is 2. The average molecular weight is 388 g/mol. The van der Waals surface area contributed by atoms with E-state index in [1.807, 2.05) is 31.2 Å². The van der Waals surface area contributed by atoms with Crippen LogP contribution >= 0.6 is 11.6 Å². The Labute approximate surface area is 166 Å². The Kier molecular flexibility index (Phi) is 7.27. The van der Waals surface area contributed by atoms with Gasteiger partial charge in [-0.15, -0.1) is 0 Å². The monoisotopic (exact) mass is 387 g/mol. The first-order chi connectivity index (χ1) is 13.2. The molecular formula is C22H26ClNO3. The lowest BCUT2D eigenvalue weighted by atomic mass is 10.0. The Morgan fingerprint density at radius 3 is 2.41 bits per heavy atom. The summed E-state index contributed by atoms with van der Waals surface area (Å²) in [6.07, 6.45) is 3.13. The maximum absolute atomic E-state index is 11.8.